The van der Waals surface area contributed by atoms with E-state index < -0.39 is 14.6 Å². The van der Waals surface area contributed by atoms with Crippen LogP contribution in [0.5, 0.6) is 0 Å². The summed E-state index contributed by atoms with van der Waals surface area (Å²) in [6.07, 6.45) is 2.97. The Kier molecular flexibility index (Phi) is 4.87. The Morgan fingerprint density at radius 1 is 1.29 bits per heavy atom. The minimum atomic E-state index is -3.25. The molecule has 2 aromatic heterocycles. The lowest BCUT2D eigenvalue weighted by atomic mass is 10.0. The highest BCUT2D eigenvalue weighted by Gasteiger charge is 2.46. The van der Waals surface area contributed by atoms with E-state index in [4.69, 9.17) is 14.7 Å². The van der Waals surface area contributed by atoms with E-state index in [1.165, 1.54) is 0 Å². The van der Waals surface area contributed by atoms with Crippen molar-refractivity contribution in [1.82, 2.24) is 15.0 Å². The van der Waals surface area contributed by atoms with Gasteiger partial charge in [0.1, 0.15) is 10.6 Å². The van der Waals surface area contributed by atoms with Gasteiger partial charge in [-0.1, -0.05) is 0 Å². The van der Waals surface area contributed by atoms with Crippen molar-refractivity contribution in [3.05, 3.63) is 35.8 Å². The van der Waals surface area contributed by atoms with Gasteiger partial charge in [-0.3, -0.25) is 4.98 Å². The van der Waals surface area contributed by atoms with Crippen molar-refractivity contribution in [3.63, 3.8) is 0 Å². The standard InChI is InChI=1S/C20H26N4O3S/c1-14-11-16(5-7-21-14)19-22-17(20(3)6-4-10-28(20,25)26)12-18(23-19)24-8-9-27-13-15(24)2/h5,7,11-12,15H,4,6,8-10,13H2,1-3H3/t15-,20-/m1/s1. The third-order valence-electron chi connectivity index (χ3n) is 5.82. The van der Waals surface area contributed by atoms with Crippen molar-refractivity contribution < 1.29 is 13.2 Å². The van der Waals surface area contributed by atoms with E-state index in [1.54, 1.807) is 13.1 Å². The van der Waals surface area contributed by atoms with Gasteiger partial charge >= 0.3 is 0 Å². The highest BCUT2D eigenvalue weighted by molar-refractivity contribution is 7.92. The Morgan fingerprint density at radius 2 is 2.11 bits per heavy atom. The Labute approximate surface area is 166 Å². The molecule has 0 unspecified atom stereocenters. The molecule has 2 saturated heterocycles. The second-order valence-electron chi connectivity index (χ2n) is 7.89. The molecule has 0 radical (unpaired) electrons. The number of sulfone groups is 1. The first-order valence-corrected chi connectivity index (χ1v) is 11.3. The van der Waals surface area contributed by atoms with Crippen molar-refractivity contribution in [1.29, 1.82) is 0 Å². The monoisotopic (exact) mass is 402 g/mol. The SMILES string of the molecule is Cc1cc(-c2nc(N3CCOC[C@H]3C)cc([C@@]3(C)CCCS3(=O)=O)n2)ccn1. The van der Waals surface area contributed by atoms with Gasteiger partial charge in [-0.25, -0.2) is 18.4 Å². The van der Waals surface area contributed by atoms with Crippen LogP contribution in [0.4, 0.5) is 5.82 Å². The van der Waals surface area contributed by atoms with E-state index >= 15 is 0 Å². The predicted molar refractivity (Wildman–Crippen MR) is 108 cm³/mol. The van der Waals surface area contributed by atoms with Crippen LogP contribution in [0.2, 0.25) is 0 Å². The zero-order chi connectivity index (χ0) is 19.9. The van der Waals surface area contributed by atoms with Crippen LogP contribution < -0.4 is 4.90 Å². The molecule has 4 heterocycles. The van der Waals surface area contributed by atoms with Crippen LogP contribution in [-0.4, -0.2) is 54.9 Å². The summed E-state index contributed by atoms with van der Waals surface area (Å²) in [7, 11) is -3.25. The maximum absolute atomic E-state index is 12.8. The van der Waals surface area contributed by atoms with E-state index in [0.29, 0.717) is 37.6 Å². The van der Waals surface area contributed by atoms with Crippen molar-refractivity contribution in [2.75, 3.05) is 30.4 Å². The molecule has 0 aliphatic carbocycles. The van der Waals surface area contributed by atoms with Crippen molar-refractivity contribution in [3.8, 4) is 11.4 Å². The average Bonchev–Trinajstić information content (AvgIpc) is 2.95. The van der Waals surface area contributed by atoms with Gasteiger partial charge in [0.15, 0.2) is 15.7 Å². The van der Waals surface area contributed by atoms with E-state index in [2.05, 4.69) is 16.8 Å². The van der Waals surface area contributed by atoms with E-state index in [1.807, 2.05) is 25.1 Å². The molecule has 2 aliphatic rings. The molecule has 0 amide bonds. The molecule has 0 aromatic carbocycles. The second-order valence-corrected chi connectivity index (χ2v) is 10.4. The molecule has 2 aliphatic heterocycles. The van der Waals surface area contributed by atoms with E-state index in [0.717, 1.165) is 23.6 Å². The first-order valence-electron chi connectivity index (χ1n) is 9.69. The zero-order valence-corrected chi connectivity index (χ0v) is 17.4. The van der Waals surface area contributed by atoms with Crippen LogP contribution in [0, 0.1) is 6.92 Å². The second kappa shape index (κ2) is 7.08. The van der Waals surface area contributed by atoms with Crippen molar-refractivity contribution in [2.24, 2.45) is 0 Å². The molecule has 8 heteroatoms. The fourth-order valence-corrected chi connectivity index (χ4v) is 5.85. The van der Waals surface area contributed by atoms with Gasteiger partial charge < -0.3 is 9.64 Å². The fourth-order valence-electron chi connectivity index (χ4n) is 4.00. The summed E-state index contributed by atoms with van der Waals surface area (Å²) in [4.78, 5) is 16.0. The smallest absolute Gasteiger partial charge is 0.161 e. The first-order chi connectivity index (χ1) is 13.3. The molecule has 4 rings (SSSR count). The van der Waals surface area contributed by atoms with Crippen LogP contribution in [0.1, 0.15) is 38.1 Å². The summed E-state index contributed by atoms with van der Waals surface area (Å²) >= 11 is 0. The summed E-state index contributed by atoms with van der Waals surface area (Å²) in [5, 5.41) is 0. The van der Waals surface area contributed by atoms with Gasteiger partial charge in [0.05, 0.1) is 30.7 Å². The Balaban J connectivity index is 1.88. The Hall–Kier alpha value is -2.06. The number of hydrogen-bond acceptors (Lipinski definition) is 7. The third kappa shape index (κ3) is 3.28. The van der Waals surface area contributed by atoms with E-state index in [9.17, 15) is 8.42 Å². The van der Waals surface area contributed by atoms with Crippen LogP contribution >= 0.6 is 0 Å². The summed E-state index contributed by atoms with van der Waals surface area (Å²) < 4.78 is 30.3. The summed E-state index contributed by atoms with van der Waals surface area (Å²) in [6, 6.07) is 5.82. The van der Waals surface area contributed by atoms with Crippen LogP contribution in [0.15, 0.2) is 24.4 Å². The third-order valence-corrected chi connectivity index (χ3v) is 8.44. The van der Waals surface area contributed by atoms with Crippen molar-refractivity contribution in [2.45, 2.75) is 44.4 Å². The predicted octanol–water partition coefficient (Wildman–Crippen LogP) is 2.50. The molecular formula is C20H26N4O3S. The lowest BCUT2D eigenvalue weighted by Crippen LogP contribution is -2.44. The quantitative estimate of drug-likeness (QED) is 0.780. The van der Waals surface area contributed by atoms with Crippen LogP contribution in [0.3, 0.4) is 0 Å². The number of ether oxygens (including phenoxy) is 1. The summed E-state index contributed by atoms with van der Waals surface area (Å²) in [5.74, 6) is 1.51. The largest absolute Gasteiger partial charge is 0.377 e. The van der Waals surface area contributed by atoms with Gasteiger partial charge in [0, 0.05) is 30.1 Å². The molecule has 2 aromatic rings. The number of nitrogens with zero attached hydrogens (tertiary/aromatic N) is 4. The maximum atomic E-state index is 12.8. The Bertz CT molecular complexity index is 995. The summed E-state index contributed by atoms with van der Waals surface area (Å²) in [6.45, 7) is 7.77. The van der Waals surface area contributed by atoms with Crippen molar-refractivity contribution >= 4 is 15.7 Å². The molecule has 0 bridgehead atoms. The number of pyridine rings is 1. The number of aromatic nitrogens is 3. The molecule has 28 heavy (non-hydrogen) atoms. The van der Waals surface area contributed by atoms with Gasteiger partial charge in [-0.15, -0.1) is 0 Å². The molecule has 0 saturated carbocycles. The topological polar surface area (TPSA) is 85.3 Å². The molecule has 7 nitrogen and oxygen atoms in total. The molecule has 150 valence electrons. The Morgan fingerprint density at radius 3 is 2.79 bits per heavy atom. The minimum absolute atomic E-state index is 0.163. The number of hydrogen-bond donors (Lipinski definition) is 0. The van der Waals surface area contributed by atoms with Gasteiger partial charge in [0.2, 0.25) is 0 Å². The number of aryl methyl sites for hydroxylation is 1. The lowest BCUT2D eigenvalue weighted by molar-refractivity contribution is 0.0985. The van der Waals surface area contributed by atoms with Crippen LogP contribution in [0.25, 0.3) is 11.4 Å². The fraction of sp³-hybridized carbons (Fsp3) is 0.550. The molecule has 2 atom stereocenters. The van der Waals surface area contributed by atoms with Gasteiger partial charge in [-0.05, 0) is 45.7 Å². The highest BCUT2D eigenvalue weighted by atomic mass is 32.2. The van der Waals surface area contributed by atoms with E-state index in [-0.39, 0.29) is 11.8 Å². The highest BCUT2D eigenvalue weighted by Crippen LogP contribution is 2.41. The average molecular weight is 403 g/mol. The lowest BCUT2D eigenvalue weighted by Gasteiger charge is -2.35. The zero-order valence-electron chi connectivity index (χ0n) is 16.6. The number of morpholine rings is 1. The molecule has 0 spiro atoms. The minimum Gasteiger partial charge on any atom is -0.377 e. The van der Waals surface area contributed by atoms with Gasteiger partial charge in [-0.2, -0.15) is 0 Å². The van der Waals surface area contributed by atoms with Crippen LogP contribution in [-0.2, 0) is 19.3 Å². The normalized spacial score (nSPS) is 27.1. The number of rotatable bonds is 3. The first kappa shape index (κ1) is 19.3. The molecular weight excluding hydrogens is 376 g/mol. The van der Waals surface area contributed by atoms with Gasteiger partial charge in [0.25, 0.3) is 0 Å². The number of anilines is 1. The maximum Gasteiger partial charge on any atom is 0.161 e. The molecule has 2 fully saturated rings. The summed E-state index contributed by atoms with van der Waals surface area (Å²) in [5.41, 5.74) is 2.29. The molecule has 0 N–H and O–H groups in total.